The number of nitrogens with one attached hydrogen (secondary N) is 2. The number of fused-ring (bicyclic) bond motifs is 1. The molecule has 2 atom stereocenters. The van der Waals surface area contributed by atoms with Crippen LogP contribution in [0.1, 0.15) is 49.3 Å². The van der Waals surface area contributed by atoms with Crippen molar-refractivity contribution in [2.45, 2.75) is 38.1 Å². The van der Waals surface area contributed by atoms with E-state index in [4.69, 9.17) is 9.47 Å². The number of ether oxygens (including phenoxy) is 2. The summed E-state index contributed by atoms with van der Waals surface area (Å²) in [4.78, 5) is 13.8. The third-order valence-corrected chi connectivity index (χ3v) is 7.13. The van der Waals surface area contributed by atoms with Crippen LogP contribution in [-0.2, 0) is 4.79 Å². The van der Waals surface area contributed by atoms with Gasteiger partial charge in [-0.15, -0.1) is 0 Å². The van der Waals surface area contributed by atoms with Gasteiger partial charge < -0.3 is 20.1 Å². The normalized spacial score (nSPS) is 19.1. The summed E-state index contributed by atoms with van der Waals surface area (Å²) in [5.74, 6) is 1.85. The highest BCUT2D eigenvalue weighted by molar-refractivity contribution is 9.10. The predicted molar refractivity (Wildman–Crippen MR) is 143 cm³/mol. The molecule has 180 valence electrons. The highest BCUT2D eigenvalue weighted by Gasteiger charge is 2.37. The van der Waals surface area contributed by atoms with Crippen molar-refractivity contribution in [1.29, 1.82) is 0 Å². The van der Waals surface area contributed by atoms with E-state index in [9.17, 15) is 4.79 Å². The average molecular weight is 533 g/mol. The minimum Gasteiger partial charge on any atom is -0.496 e. The Labute approximate surface area is 214 Å². The number of ketones is 1. The predicted octanol–water partition coefficient (Wildman–Crippen LogP) is 7.23. The summed E-state index contributed by atoms with van der Waals surface area (Å²) < 4.78 is 12.4. The van der Waals surface area contributed by atoms with Crippen LogP contribution in [0.4, 0.5) is 11.4 Å². The molecule has 2 unspecified atom stereocenters. The van der Waals surface area contributed by atoms with Gasteiger partial charge in [0, 0.05) is 27.7 Å². The van der Waals surface area contributed by atoms with E-state index in [-0.39, 0.29) is 17.7 Å². The van der Waals surface area contributed by atoms with Crippen LogP contribution in [0.3, 0.4) is 0 Å². The molecule has 0 fully saturated rings. The van der Waals surface area contributed by atoms with Crippen molar-refractivity contribution in [3.63, 3.8) is 0 Å². The number of carbonyl (C=O) groups excluding carboxylic acids is 1. The number of hydrogen-bond donors (Lipinski definition) is 2. The molecule has 3 aromatic rings. The first-order valence-electron chi connectivity index (χ1n) is 12.0. The third kappa shape index (κ3) is 4.80. The number of anilines is 2. The molecular weight excluding hydrogens is 504 g/mol. The van der Waals surface area contributed by atoms with Gasteiger partial charge in [-0.3, -0.25) is 4.79 Å². The number of halogens is 1. The first-order valence-corrected chi connectivity index (χ1v) is 12.8. The summed E-state index contributed by atoms with van der Waals surface area (Å²) in [6.07, 6.45) is 2.18. The SMILES string of the molecule is CCCOc1ccc(C2CC(=O)C3=C(C2)Nc2ccccc2NC3c2cc(Br)ccc2OC)cc1. The monoisotopic (exact) mass is 532 g/mol. The fourth-order valence-electron chi connectivity index (χ4n) is 4.95. The molecule has 0 amide bonds. The van der Waals surface area contributed by atoms with E-state index in [1.807, 2.05) is 54.6 Å². The van der Waals surface area contributed by atoms with Gasteiger partial charge >= 0.3 is 0 Å². The molecule has 1 aliphatic carbocycles. The van der Waals surface area contributed by atoms with Gasteiger partial charge in [0.15, 0.2) is 5.78 Å². The van der Waals surface area contributed by atoms with Gasteiger partial charge in [-0.1, -0.05) is 47.1 Å². The van der Waals surface area contributed by atoms with Gasteiger partial charge in [0.25, 0.3) is 0 Å². The van der Waals surface area contributed by atoms with E-state index >= 15 is 0 Å². The lowest BCUT2D eigenvalue weighted by Gasteiger charge is -2.30. The molecule has 0 saturated carbocycles. The molecular formula is C29H29BrN2O3. The Bertz CT molecular complexity index is 1270. The molecule has 1 aliphatic heterocycles. The molecule has 6 heteroatoms. The molecule has 2 aliphatic rings. The van der Waals surface area contributed by atoms with Crippen molar-refractivity contribution in [1.82, 2.24) is 0 Å². The standard InChI is InChI=1S/C29H29BrN2O3/c1-3-14-35-21-11-8-18(9-12-21)19-15-25-28(26(33)16-19)29(22-17-20(30)10-13-27(22)34-2)32-24-7-5-4-6-23(24)31-25/h4-13,17,19,29,31-32H,3,14-16H2,1-2H3. The second kappa shape index (κ2) is 10.2. The lowest BCUT2D eigenvalue weighted by Crippen LogP contribution is -2.27. The number of allylic oxidation sites excluding steroid dienone is 1. The van der Waals surface area contributed by atoms with Crippen molar-refractivity contribution >= 4 is 33.1 Å². The molecule has 0 bridgehead atoms. The summed E-state index contributed by atoms with van der Waals surface area (Å²) in [6, 6.07) is 21.9. The molecule has 35 heavy (non-hydrogen) atoms. The van der Waals surface area contributed by atoms with E-state index in [1.165, 1.54) is 0 Å². The number of para-hydroxylation sites is 2. The molecule has 0 radical (unpaired) electrons. The van der Waals surface area contributed by atoms with Crippen LogP contribution in [0.25, 0.3) is 0 Å². The van der Waals surface area contributed by atoms with Crippen molar-refractivity contribution in [3.8, 4) is 11.5 Å². The van der Waals surface area contributed by atoms with Crippen LogP contribution in [0, 0.1) is 0 Å². The minimum atomic E-state index is -0.327. The maximum atomic E-state index is 13.8. The molecule has 0 saturated heterocycles. The number of rotatable bonds is 6. The van der Waals surface area contributed by atoms with Crippen molar-refractivity contribution < 1.29 is 14.3 Å². The van der Waals surface area contributed by atoms with Crippen LogP contribution >= 0.6 is 15.9 Å². The number of methoxy groups -OCH3 is 1. The average Bonchev–Trinajstić information content (AvgIpc) is 3.04. The third-order valence-electron chi connectivity index (χ3n) is 6.64. The van der Waals surface area contributed by atoms with Gasteiger partial charge in [-0.2, -0.15) is 0 Å². The van der Waals surface area contributed by atoms with Gasteiger partial charge in [0.05, 0.1) is 31.1 Å². The minimum absolute atomic E-state index is 0.101. The number of hydrogen-bond acceptors (Lipinski definition) is 5. The van der Waals surface area contributed by atoms with E-state index in [0.717, 1.165) is 62.6 Å². The molecule has 3 aromatic carbocycles. The van der Waals surface area contributed by atoms with E-state index in [2.05, 4.69) is 45.6 Å². The zero-order chi connectivity index (χ0) is 24.4. The lowest BCUT2D eigenvalue weighted by molar-refractivity contribution is -0.116. The van der Waals surface area contributed by atoms with Crippen molar-refractivity contribution in [2.24, 2.45) is 0 Å². The van der Waals surface area contributed by atoms with E-state index in [1.54, 1.807) is 7.11 Å². The molecule has 1 heterocycles. The van der Waals surface area contributed by atoms with Crippen LogP contribution < -0.4 is 20.1 Å². The zero-order valence-electron chi connectivity index (χ0n) is 19.9. The van der Waals surface area contributed by atoms with Crippen LogP contribution in [-0.4, -0.2) is 19.5 Å². The topological polar surface area (TPSA) is 59.6 Å². The Morgan fingerprint density at radius 2 is 1.77 bits per heavy atom. The first-order chi connectivity index (χ1) is 17.1. The largest absolute Gasteiger partial charge is 0.496 e. The summed E-state index contributed by atoms with van der Waals surface area (Å²) in [5.41, 5.74) is 5.73. The molecule has 0 aromatic heterocycles. The molecule has 2 N–H and O–H groups in total. The fraction of sp³-hybridized carbons (Fsp3) is 0.276. The van der Waals surface area contributed by atoms with E-state index < -0.39 is 0 Å². The second-order valence-electron chi connectivity index (χ2n) is 8.97. The molecule has 5 nitrogen and oxygen atoms in total. The number of carbonyl (C=O) groups is 1. The highest BCUT2D eigenvalue weighted by Crippen LogP contribution is 2.46. The molecule has 5 rings (SSSR count). The lowest BCUT2D eigenvalue weighted by atomic mass is 9.78. The highest BCUT2D eigenvalue weighted by atomic mass is 79.9. The van der Waals surface area contributed by atoms with Crippen molar-refractivity contribution in [3.05, 3.63) is 93.6 Å². The molecule has 0 spiro atoms. The second-order valence-corrected chi connectivity index (χ2v) is 9.89. The summed E-state index contributed by atoms with van der Waals surface area (Å²) >= 11 is 3.60. The Balaban J connectivity index is 1.55. The van der Waals surface area contributed by atoms with E-state index in [0.29, 0.717) is 13.0 Å². The van der Waals surface area contributed by atoms with Gasteiger partial charge in [-0.05, 0) is 66.8 Å². The smallest absolute Gasteiger partial charge is 0.163 e. The van der Waals surface area contributed by atoms with Crippen LogP contribution in [0.5, 0.6) is 11.5 Å². The van der Waals surface area contributed by atoms with Crippen molar-refractivity contribution in [2.75, 3.05) is 24.4 Å². The van der Waals surface area contributed by atoms with Gasteiger partial charge in [-0.25, -0.2) is 0 Å². The van der Waals surface area contributed by atoms with Gasteiger partial charge in [0.2, 0.25) is 0 Å². The maximum Gasteiger partial charge on any atom is 0.163 e. The zero-order valence-corrected chi connectivity index (χ0v) is 21.5. The van der Waals surface area contributed by atoms with Gasteiger partial charge in [0.1, 0.15) is 11.5 Å². The number of Topliss-reactive ketones (excluding diaryl/α,β-unsaturated/α-hetero) is 1. The van der Waals surface area contributed by atoms with Crippen LogP contribution in [0.2, 0.25) is 0 Å². The Morgan fingerprint density at radius 1 is 1.00 bits per heavy atom. The Kier molecular flexibility index (Phi) is 6.82. The number of benzene rings is 3. The van der Waals surface area contributed by atoms with Crippen LogP contribution in [0.15, 0.2) is 82.5 Å². The summed E-state index contributed by atoms with van der Waals surface area (Å²) in [6.45, 7) is 2.80. The summed E-state index contributed by atoms with van der Waals surface area (Å²) in [5, 5.41) is 7.23. The first kappa shape index (κ1) is 23.5. The quantitative estimate of drug-likeness (QED) is 0.350. The maximum absolute atomic E-state index is 13.8. The summed E-state index contributed by atoms with van der Waals surface area (Å²) in [7, 11) is 1.66. The fourth-order valence-corrected chi connectivity index (χ4v) is 5.33. The Morgan fingerprint density at radius 3 is 2.51 bits per heavy atom. The Hall–Kier alpha value is -3.25.